The number of rotatable bonds is 8. The molecular formula is C17H23NO4S. The van der Waals surface area contributed by atoms with E-state index >= 15 is 0 Å². The van der Waals surface area contributed by atoms with Crippen LogP contribution in [0, 0.1) is 0 Å². The molecule has 0 bridgehead atoms. The second kappa shape index (κ2) is 7.77. The first-order chi connectivity index (χ1) is 11.0. The lowest BCUT2D eigenvalue weighted by Gasteiger charge is -2.14. The molecule has 0 radical (unpaired) electrons. The number of aliphatic hydroxyl groups excluding tert-OH is 1. The van der Waals surface area contributed by atoms with Crippen molar-refractivity contribution in [2.45, 2.75) is 37.7 Å². The Morgan fingerprint density at radius 3 is 2.52 bits per heavy atom. The minimum Gasteiger partial charge on any atom is -0.493 e. The smallest absolute Gasteiger partial charge is 0.241 e. The second-order valence-corrected chi connectivity index (χ2v) is 7.25. The monoisotopic (exact) mass is 337 g/mol. The Kier molecular flexibility index (Phi) is 5.98. The van der Waals surface area contributed by atoms with E-state index in [0.717, 1.165) is 18.2 Å². The van der Waals surface area contributed by atoms with E-state index in [9.17, 15) is 13.5 Å². The Morgan fingerprint density at radius 2 is 1.87 bits per heavy atom. The van der Waals surface area contributed by atoms with Gasteiger partial charge in [0.1, 0.15) is 5.75 Å². The lowest BCUT2D eigenvalue weighted by Crippen LogP contribution is -2.30. The molecule has 0 saturated carbocycles. The van der Waals surface area contributed by atoms with Gasteiger partial charge < -0.3 is 9.84 Å². The van der Waals surface area contributed by atoms with Crippen LogP contribution in [0.1, 0.15) is 26.7 Å². The van der Waals surface area contributed by atoms with Crippen LogP contribution in [0.15, 0.2) is 41.3 Å². The van der Waals surface area contributed by atoms with Crippen molar-refractivity contribution < 1.29 is 18.3 Å². The van der Waals surface area contributed by atoms with Gasteiger partial charge in [-0.15, -0.1) is 0 Å². The number of fused-ring (bicyclic) bond motifs is 1. The average Bonchev–Trinajstić information content (AvgIpc) is 2.53. The van der Waals surface area contributed by atoms with Gasteiger partial charge in [-0.3, -0.25) is 0 Å². The largest absolute Gasteiger partial charge is 0.493 e. The molecule has 0 aliphatic heterocycles. The molecule has 6 heteroatoms. The third kappa shape index (κ3) is 4.43. The molecule has 0 aromatic heterocycles. The Balaban J connectivity index is 2.41. The van der Waals surface area contributed by atoms with Gasteiger partial charge in [0, 0.05) is 17.3 Å². The van der Waals surface area contributed by atoms with Crippen LogP contribution in [0.4, 0.5) is 0 Å². The first-order valence-electron chi connectivity index (χ1n) is 7.78. The Hall–Kier alpha value is -1.63. The van der Waals surface area contributed by atoms with Crippen LogP contribution in [0.2, 0.25) is 0 Å². The highest BCUT2D eigenvalue weighted by Crippen LogP contribution is 2.31. The Labute approximate surface area is 137 Å². The van der Waals surface area contributed by atoms with Crippen LogP contribution >= 0.6 is 0 Å². The van der Waals surface area contributed by atoms with Gasteiger partial charge in [0.05, 0.1) is 17.6 Å². The highest BCUT2D eigenvalue weighted by molar-refractivity contribution is 7.89. The number of nitrogens with one attached hydrogen (secondary N) is 1. The van der Waals surface area contributed by atoms with Gasteiger partial charge in [-0.25, -0.2) is 13.1 Å². The van der Waals surface area contributed by atoms with Gasteiger partial charge in [0.15, 0.2) is 0 Å². The van der Waals surface area contributed by atoms with E-state index in [1.807, 2.05) is 12.1 Å². The molecule has 0 saturated heterocycles. The van der Waals surface area contributed by atoms with E-state index in [0.29, 0.717) is 17.7 Å². The Bertz CT molecular complexity index is 756. The van der Waals surface area contributed by atoms with Crippen molar-refractivity contribution in [1.29, 1.82) is 0 Å². The van der Waals surface area contributed by atoms with E-state index in [1.54, 1.807) is 24.3 Å². The SMILES string of the molecule is CCCCOc1ccc(S(=O)(=O)NC[C@@H](C)O)c2ccccc12. The first-order valence-corrected chi connectivity index (χ1v) is 9.26. The lowest BCUT2D eigenvalue weighted by atomic mass is 10.1. The molecule has 0 amide bonds. The molecule has 0 fully saturated rings. The fourth-order valence-corrected chi connectivity index (χ4v) is 3.57. The average molecular weight is 337 g/mol. The molecule has 0 heterocycles. The van der Waals surface area contributed by atoms with E-state index in [4.69, 9.17) is 4.74 Å². The molecule has 2 aromatic carbocycles. The van der Waals surface area contributed by atoms with Crippen LogP contribution in [-0.4, -0.2) is 32.8 Å². The van der Waals surface area contributed by atoms with E-state index < -0.39 is 16.1 Å². The molecule has 0 aliphatic carbocycles. The van der Waals surface area contributed by atoms with Gasteiger partial charge in [-0.05, 0) is 25.5 Å². The van der Waals surface area contributed by atoms with Crippen molar-refractivity contribution in [3.63, 3.8) is 0 Å². The molecule has 0 aliphatic rings. The van der Waals surface area contributed by atoms with Crippen LogP contribution in [0.5, 0.6) is 5.75 Å². The molecule has 2 N–H and O–H groups in total. The maximum atomic E-state index is 12.5. The van der Waals surface area contributed by atoms with Crippen molar-refractivity contribution in [3.05, 3.63) is 36.4 Å². The zero-order valence-electron chi connectivity index (χ0n) is 13.5. The molecule has 2 rings (SSSR count). The summed E-state index contributed by atoms with van der Waals surface area (Å²) >= 11 is 0. The molecule has 0 spiro atoms. The highest BCUT2D eigenvalue weighted by atomic mass is 32.2. The summed E-state index contributed by atoms with van der Waals surface area (Å²) in [6.45, 7) is 4.20. The number of ether oxygens (including phenoxy) is 1. The van der Waals surface area contributed by atoms with Crippen molar-refractivity contribution in [3.8, 4) is 5.75 Å². The molecule has 0 unspecified atom stereocenters. The molecule has 1 atom stereocenters. The fourth-order valence-electron chi connectivity index (χ4n) is 2.24. The quantitative estimate of drug-likeness (QED) is 0.726. The van der Waals surface area contributed by atoms with Crippen molar-refractivity contribution in [2.24, 2.45) is 0 Å². The molecule has 126 valence electrons. The van der Waals surface area contributed by atoms with Gasteiger partial charge in [0.2, 0.25) is 10.0 Å². The second-order valence-electron chi connectivity index (χ2n) is 5.51. The number of sulfonamides is 1. The van der Waals surface area contributed by atoms with Crippen molar-refractivity contribution in [1.82, 2.24) is 4.72 Å². The zero-order chi connectivity index (χ0) is 16.9. The summed E-state index contributed by atoms with van der Waals surface area (Å²) in [6.07, 6.45) is 1.24. The van der Waals surface area contributed by atoms with E-state index in [-0.39, 0.29) is 11.4 Å². The maximum Gasteiger partial charge on any atom is 0.241 e. The zero-order valence-corrected chi connectivity index (χ0v) is 14.3. The minimum atomic E-state index is -3.69. The number of hydrogen-bond acceptors (Lipinski definition) is 4. The van der Waals surface area contributed by atoms with E-state index in [2.05, 4.69) is 11.6 Å². The third-order valence-electron chi connectivity index (χ3n) is 3.46. The van der Waals surface area contributed by atoms with Gasteiger partial charge in [-0.1, -0.05) is 37.6 Å². The normalized spacial score (nSPS) is 13.2. The van der Waals surface area contributed by atoms with Crippen LogP contribution < -0.4 is 9.46 Å². The van der Waals surface area contributed by atoms with E-state index in [1.165, 1.54) is 6.92 Å². The lowest BCUT2D eigenvalue weighted by molar-refractivity contribution is 0.198. The summed E-state index contributed by atoms with van der Waals surface area (Å²) in [5.74, 6) is 0.684. The molecule has 23 heavy (non-hydrogen) atoms. The number of benzene rings is 2. The van der Waals surface area contributed by atoms with Crippen molar-refractivity contribution in [2.75, 3.05) is 13.2 Å². The molecule has 5 nitrogen and oxygen atoms in total. The summed E-state index contributed by atoms with van der Waals surface area (Å²) in [7, 11) is -3.69. The number of unbranched alkanes of at least 4 members (excludes halogenated alkanes) is 1. The predicted octanol–water partition coefficient (Wildman–Crippen LogP) is 2.68. The summed E-state index contributed by atoms with van der Waals surface area (Å²) < 4.78 is 33.1. The van der Waals surface area contributed by atoms with Gasteiger partial charge >= 0.3 is 0 Å². The standard InChI is InChI=1S/C17H23NO4S/c1-3-4-11-22-16-9-10-17(15-8-6-5-7-14(15)16)23(20,21)18-12-13(2)19/h5-10,13,18-19H,3-4,11-12H2,1-2H3/t13-/m1/s1. The first kappa shape index (κ1) is 17.7. The maximum absolute atomic E-state index is 12.5. The number of hydrogen-bond donors (Lipinski definition) is 2. The third-order valence-corrected chi connectivity index (χ3v) is 4.94. The van der Waals surface area contributed by atoms with Crippen LogP contribution in [0.3, 0.4) is 0 Å². The number of aliphatic hydroxyl groups is 1. The molecule has 2 aromatic rings. The summed E-state index contributed by atoms with van der Waals surface area (Å²) in [5, 5.41) is 10.7. The van der Waals surface area contributed by atoms with Gasteiger partial charge in [0.25, 0.3) is 0 Å². The fraction of sp³-hybridized carbons (Fsp3) is 0.412. The predicted molar refractivity (Wildman–Crippen MR) is 91.2 cm³/mol. The highest BCUT2D eigenvalue weighted by Gasteiger charge is 2.19. The summed E-state index contributed by atoms with van der Waals surface area (Å²) in [4.78, 5) is 0.191. The van der Waals surface area contributed by atoms with Gasteiger partial charge in [-0.2, -0.15) is 0 Å². The topological polar surface area (TPSA) is 75.6 Å². The van der Waals surface area contributed by atoms with Crippen LogP contribution in [0.25, 0.3) is 10.8 Å². The Morgan fingerprint density at radius 1 is 1.17 bits per heavy atom. The van der Waals surface area contributed by atoms with Crippen LogP contribution in [-0.2, 0) is 10.0 Å². The molecular weight excluding hydrogens is 314 g/mol. The van der Waals surface area contributed by atoms with Crippen molar-refractivity contribution >= 4 is 20.8 Å². The summed E-state index contributed by atoms with van der Waals surface area (Å²) in [5.41, 5.74) is 0. The minimum absolute atomic E-state index is 0.0224. The summed E-state index contributed by atoms with van der Waals surface area (Å²) in [6, 6.07) is 10.5.